The van der Waals surface area contributed by atoms with Crippen molar-refractivity contribution in [2.24, 2.45) is 13.0 Å². The Morgan fingerprint density at radius 3 is 2.86 bits per heavy atom. The third-order valence-electron chi connectivity index (χ3n) is 5.02. The molecular weight excluding hydrogens is 267 g/mol. The summed E-state index contributed by atoms with van der Waals surface area (Å²) in [4.78, 5) is 2.37. The molecule has 21 heavy (non-hydrogen) atoms. The summed E-state index contributed by atoms with van der Waals surface area (Å²) in [5.74, 6) is 0.0701. The van der Waals surface area contributed by atoms with E-state index in [1.165, 1.54) is 11.8 Å². The number of rotatable bonds is 2. The van der Waals surface area contributed by atoms with Crippen molar-refractivity contribution in [2.75, 3.05) is 13.1 Å². The zero-order chi connectivity index (χ0) is 15.2. The highest BCUT2D eigenvalue weighted by molar-refractivity contribution is 5.81. The Bertz CT molecular complexity index is 662. The van der Waals surface area contributed by atoms with Gasteiger partial charge in [0.1, 0.15) is 5.82 Å². The van der Waals surface area contributed by atoms with E-state index in [0.717, 1.165) is 37.0 Å². The molecule has 2 heterocycles. The molecule has 1 fully saturated rings. The molecule has 2 aromatic rings. The molecule has 114 valence electrons. The van der Waals surface area contributed by atoms with Crippen molar-refractivity contribution in [3.05, 3.63) is 35.8 Å². The van der Waals surface area contributed by atoms with Crippen LogP contribution in [0.5, 0.6) is 0 Å². The van der Waals surface area contributed by atoms with Gasteiger partial charge in [0.2, 0.25) is 0 Å². The molecule has 0 aliphatic carbocycles. The number of fused-ring (bicyclic) bond motifs is 1. The highest BCUT2D eigenvalue weighted by Gasteiger charge is 2.34. The number of likely N-dealkylation sites (tertiary alicyclic amines) is 1. The number of halogens is 1. The maximum atomic E-state index is 13.3. The fourth-order valence-corrected chi connectivity index (χ4v) is 3.21. The number of benzene rings is 1. The molecule has 0 radical (unpaired) electrons. The van der Waals surface area contributed by atoms with Gasteiger partial charge >= 0.3 is 0 Å². The summed E-state index contributed by atoms with van der Waals surface area (Å²) < 4.78 is 15.5. The minimum atomic E-state index is -0.557. The van der Waals surface area contributed by atoms with Gasteiger partial charge in [-0.15, -0.1) is 0 Å². The Labute approximate surface area is 125 Å². The fourth-order valence-electron chi connectivity index (χ4n) is 3.21. The van der Waals surface area contributed by atoms with Crippen molar-refractivity contribution >= 4 is 10.9 Å². The van der Waals surface area contributed by atoms with Gasteiger partial charge in [0, 0.05) is 43.3 Å². The van der Waals surface area contributed by atoms with Gasteiger partial charge in [0.25, 0.3) is 0 Å². The third-order valence-corrected chi connectivity index (χ3v) is 5.02. The zero-order valence-electron chi connectivity index (χ0n) is 12.9. The van der Waals surface area contributed by atoms with E-state index in [1.54, 1.807) is 6.07 Å². The second-order valence-electron chi connectivity index (χ2n) is 6.64. The molecule has 1 N–H and O–H groups in total. The largest absolute Gasteiger partial charge is 0.390 e. The van der Waals surface area contributed by atoms with Crippen LogP contribution in [0.4, 0.5) is 4.39 Å². The average Bonchev–Trinajstić information content (AvgIpc) is 2.71. The van der Waals surface area contributed by atoms with Crippen LogP contribution in [-0.2, 0) is 13.6 Å². The lowest BCUT2D eigenvalue weighted by Crippen LogP contribution is -2.48. The van der Waals surface area contributed by atoms with Crippen LogP contribution in [-0.4, -0.2) is 33.3 Å². The van der Waals surface area contributed by atoms with E-state index in [1.807, 2.05) is 20.0 Å². The highest BCUT2D eigenvalue weighted by atomic mass is 19.1. The summed E-state index contributed by atoms with van der Waals surface area (Å²) >= 11 is 0. The summed E-state index contributed by atoms with van der Waals surface area (Å²) in [5.41, 5.74) is 1.69. The van der Waals surface area contributed by atoms with Gasteiger partial charge in [-0.1, -0.05) is 6.92 Å². The molecule has 1 aromatic heterocycles. The molecule has 0 amide bonds. The van der Waals surface area contributed by atoms with Crippen molar-refractivity contribution < 1.29 is 9.50 Å². The molecule has 3 rings (SSSR count). The van der Waals surface area contributed by atoms with Crippen LogP contribution >= 0.6 is 0 Å². The van der Waals surface area contributed by atoms with E-state index in [2.05, 4.69) is 22.5 Å². The highest BCUT2D eigenvalue weighted by Crippen LogP contribution is 2.29. The Balaban J connectivity index is 1.81. The first-order valence-electron chi connectivity index (χ1n) is 7.55. The van der Waals surface area contributed by atoms with Gasteiger partial charge in [-0.2, -0.15) is 0 Å². The van der Waals surface area contributed by atoms with Gasteiger partial charge in [-0.3, -0.25) is 4.90 Å². The zero-order valence-corrected chi connectivity index (χ0v) is 12.9. The van der Waals surface area contributed by atoms with Crippen LogP contribution in [0.1, 0.15) is 26.0 Å². The Hall–Kier alpha value is -1.39. The Morgan fingerprint density at radius 1 is 1.38 bits per heavy atom. The molecule has 1 aromatic carbocycles. The molecule has 1 aliphatic rings. The van der Waals surface area contributed by atoms with Crippen molar-refractivity contribution in [3.8, 4) is 0 Å². The summed E-state index contributed by atoms with van der Waals surface area (Å²) in [6.07, 6.45) is 0.798. The van der Waals surface area contributed by atoms with Crippen molar-refractivity contribution in [3.63, 3.8) is 0 Å². The lowest BCUT2D eigenvalue weighted by atomic mass is 9.84. The molecule has 0 bridgehead atoms. The summed E-state index contributed by atoms with van der Waals surface area (Å²) in [6, 6.07) is 6.99. The van der Waals surface area contributed by atoms with E-state index in [9.17, 15) is 9.50 Å². The molecule has 0 saturated carbocycles. The van der Waals surface area contributed by atoms with Crippen molar-refractivity contribution in [1.82, 2.24) is 9.47 Å². The first-order valence-corrected chi connectivity index (χ1v) is 7.55. The van der Waals surface area contributed by atoms with Crippen LogP contribution in [0, 0.1) is 11.7 Å². The van der Waals surface area contributed by atoms with Crippen LogP contribution in [0.25, 0.3) is 10.9 Å². The van der Waals surface area contributed by atoms with E-state index >= 15 is 0 Å². The normalized spacial score (nSPS) is 27.4. The van der Waals surface area contributed by atoms with E-state index in [-0.39, 0.29) is 11.7 Å². The van der Waals surface area contributed by atoms with Crippen molar-refractivity contribution in [1.29, 1.82) is 0 Å². The van der Waals surface area contributed by atoms with Crippen molar-refractivity contribution in [2.45, 2.75) is 32.4 Å². The third kappa shape index (κ3) is 2.70. The maximum absolute atomic E-state index is 13.3. The molecule has 1 aliphatic heterocycles. The Morgan fingerprint density at radius 2 is 2.14 bits per heavy atom. The number of piperidine rings is 1. The summed E-state index contributed by atoms with van der Waals surface area (Å²) in [7, 11) is 2.03. The first kappa shape index (κ1) is 14.5. The topological polar surface area (TPSA) is 28.4 Å². The predicted octanol–water partition coefficient (Wildman–Crippen LogP) is 2.91. The monoisotopic (exact) mass is 290 g/mol. The van der Waals surface area contributed by atoms with Gasteiger partial charge in [0.15, 0.2) is 0 Å². The van der Waals surface area contributed by atoms with E-state index in [0.29, 0.717) is 0 Å². The molecule has 0 unspecified atom stereocenters. The van der Waals surface area contributed by atoms with E-state index < -0.39 is 5.60 Å². The van der Waals surface area contributed by atoms with Crippen LogP contribution in [0.2, 0.25) is 0 Å². The van der Waals surface area contributed by atoms with Gasteiger partial charge < -0.3 is 9.67 Å². The van der Waals surface area contributed by atoms with Crippen LogP contribution in [0.3, 0.4) is 0 Å². The number of hydrogen-bond acceptors (Lipinski definition) is 2. The predicted molar refractivity (Wildman–Crippen MR) is 82.6 cm³/mol. The SMILES string of the molecule is C[C@@H]1CN(Cc2cc3cc(F)ccc3n2C)CC[C@]1(C)O. The first-order chi connectivity index (χ1) is 9.87. The molecular formula is C17H23FN2O. The number of aliphatic hydroxyl groups is 1. The quantitative estimate of drug-likeness (QED) is 0.921. The number of aromatic nitrogens is 1. The number of nitrogens with zero attached hydrogens (tertiary/aromatic N) is 2. The lowest BCUT2D eigenvalue weighted by Gasteiger charge is -2.41. The number of hydrogen-bond donors (Lipinski definition) is 1. The fraction of sp³-hybridized carbons (Fsp3) is 0.529. The second kappa shape index (κ2) is 5.11. The molecule has 0 spiro atoms. The summed E-state index contributed by atoms with van der Waals surface area (Å²) in [6.45, 7) is 6.65. The second-order valence-corrected chi connectivity index (χ2v) is 6.64. The van der Waals surface area contributed by atoms with Gasteiger partial charge in [-0.25, -0.2) is 4.39 Å². The average molecular weight is 290 g/mol. The molecule has 1 saturated heterocycles. The lowest BCUT2D eigenvalue weighted by molar-refractivity contribution is -0.0527. The standard InChI is InChI=1S/C17H23FN2O/c1-12-10-20(7-6-17(12,2)21)11-15-9-13-8-14(18)4-5-16(13)19(15)3/h4-5,8-9,12,21H,6-7,10-11H2,1-3H3/t12-,17+/m1/s1. The summed E-state index contributed by atoms with van der Waals surface area (Å²) in [5, 5.41) is 11.2. The minimum absolute atomic E-state index is 0.192. The minimum Gasteiger partial charge on any atom is -0.390 e. The molecule has 2 atom stereocenters. The van der Waals surface area contributed by atoms with Gasteiger partial charge in [-0.05, 0) is 43.5 Å². The molecule has 3 nitrogen and oxygen atoms in total. The Kier molecular flexibility index (Phi) is 3.54. The van der Waals surface area contributed by atoms with Gasteiger partial charge in [0.05, 0.1) is 5.60 Å². The smallest absolute Gasteiger partial charge is 0.123 e. The number of aryl methyl sites for hydroxylation is 1. The van der Waals surface area contributed by atoms with Crippen LogP contribution in [0.15, 0.2) is 24.3 Å². The maximum Gasteiger partial charge on any atom is 0.123 e. The molecule has 4 heteroatoms. The van der Waals surface area contributed by atoms with E-state index in [4.69, 9.17) is 0 Å². The van der Waals surface area contributed by atoms with Crippen LogP contribution < -0.4 is 0 Å².